The van der Waals surface area contributed by atoms with Crippen LogP contribution in [0.3, 0.4) is 0 Å². The minimum absolute atomic E-state index is 0.120. The van der Waals surface area contributed by atoms with Crippen LogP contribution in [0, 0.1) is 20.8 Å². The molecule has 0 radical (unpaired) electrons. The van der Waals surface area contributed by atoms with Gasteiger partial charge in [0, 0.05) is 10.9 Å². The molecule has 0 amide bonds. The number of benzene rings is 3. The largest absolute Gasteiger partial charge is 0.293 e. The summed E-state index contributed by atoms with van der Waals surface area (Å²) in [5.41, 5.74) is 7.65. The maximum atomic E-state index is 12.7. The van der Waals surface area contributed by atoms with E-state index in [9.17, 15) is 4.79 Å². The molecule has 0 fully saturated rings. The van der Waals surface area contributed by atoms with E-state index < -0.39 is 0 Å². The Morgan fingerprint density at radius 3 is 2.24 bits per heavy atom. The summed E-state index contributed by atoms with van der Waals surface area (Å²) in [5.74, 6) is 0.503. The van der Waals surface area contributed by atoms with Crippen LogP contribution in [0.25, 0.3) is 22.0 Å². The summed E-state index contributed by atoms with van der Waals surface area (Å²) >= 11 is 1.51. The van der Waals surface area contributed by atoms with E-state index in [0.29, 0.717) is 5.75 Å². The van der Waals surface area contributed by atoms with E-state index in [1.54, 1.807) is 0 Å². The second kappa shape index (κ2) is 8.22. The van der Waals surface area contributed by atoms with Gasteiger partial charge in [-0.1, -0.05) is 78.0 Å². The number of ketones is 1. The van der Waals surface area contributed by atoms with Crippen molar-refractivity contribution in [2.75, 3.05) is 5.75 Å². The summed E-state index contributed by atoms with van der Waals surface area (Å²) in [7, 11) is 0. The molecule has 29 heavy (non-hydrogen) atoms. The van der Waals surface area contributed by atoms with Crippen LogP contribution in [0.15, 0.2) is 77.8 Å². The summed E-state index contributed by atoms with van der Waals surface area (Å²) < 4.78 is 0. The van der Waals surface area contributed by atoms with Gasteiger partial charge in [-0.2, -0.15) is 0 Å². The molecule has 144 valence electrons. The number of carbonyl (C=O) groups excluding carboxylic acids is 1. The van der Waals surface area contributed by atoms with Gasteiger partial charge in [0.1, 0.15) is 0 Å². The predicted molar refractivity (Wildman–Crippen MR) is 123 cm³/mol. The highest BCUT2D eigenvalue weighted by Gasteiger charge is 2.11. The Balaban J connectivity index is 1.50. The third kappa shape index (κ3) is 4.25. The Morgan fingerprint density at radius 2 is 1.52 bits per heavy atom. The fourth-order valence-electron chi connectivity index (χ4n) is 3.59. The Bertz CT molecular complexity index is 1180. The summed E-state index contributed by atoms with van der Waals surface area (Å²) in [6.07, 6.45) is 0. The number of hydrogen-bond donors (Lipinski definition) is 0. The lowest BCUT2D eigenvalue weighted by Gasteiger charge is -2.10. The van der Waals surface area contributed by atoms with E-state index >= 15 is 0 Å². The van der Waals surface area contributed by atoms with Crippen molar-refractivity contribution < 1.29 is 4.79 Å². The van der Waals surface area contributed by atoms with Crippen LogP contribution >= 0.6 is 11.8 Å². The molecule has 1 aromatic heterocycles. The third-order valence-corrected chi connectivity index (χ3v) is 6.01. The minimum Gasteiger partial charge on any atom is -0.293 e. The number of carbonyl (C=O) groups is 1. The number of fused-ring (bicyclic) bond motifs is 1. The van der Waals surface area contributed by atoms with E-state index in [0.717, 1.165) is 27.2 Å². The SMILES string of the molecule is Cc1cc(C)c2nc(SCC(=O)c3ccc(-c4ccccc4)cc3)cc(C)c2c1. The molecule has 0 aliphatic heterocycles. The first-order valence-electron chi connectivity index (χ1n) is 9.71. The van der Waals surface area contributed by atoms with Crippen LogP contribution in [-0.2, 0) is 0 Å². The minimum atomic E-state index is 0.120. The Morgan fingerprint density at radius 1 is 0.828 bits per heavy atom. The first-order chi connectivity index (χ1) is 14.0. The Labute approximate surface area is 176 Å². The summed E-state index contributed by atoms with van der Waals surface area (Å²) in [4.78, 5) is 17.5. The van der Waals surface area contributed by atoms with Gasteiger partial charge in [-0.3, -0.25) is 4.79 Å². The number of thioether (sulfide) groups is 1. The molecular formula is C26H23NOS. The molecule has 0 atom stereocenters. The van der Waals surface area contributed by atoms with E-state index in [2.05, 4.69) is 51.1 Å². The fraction of sp³-hybridized carbons (Fsp3) is 0.154. The maximum absolute atomic E-state index is 12.7. The van der Waals surface area contributed by atoms with Crippen molar-refractivity contribution in [3.05, 3.63) is 95.1 Å². The summed E-state index contributed by atoms with van der Waals surface area (Å²) in [5, 5.41) is 2.09. The lowest BCUT2D eigenvalue weighted by molar-refractivity contribution is 0.102. The standard InChI is InChI=1S/C26H23NOS/c1-17-13-19(3)26-23(14-17)18(2)15-25(27-26)29-16-24(28)22-11-9-21(10-12-22)20-7-5-4-6-8-20/h4-15H,16H2,1-3H3. The van der Waals surface area contributed by atoms with Gasteiger partial charge in [0.05, 0.1) is 16.3 Å². The van der Waals surface area contributed by atoms with Gasteiger partial charge in [0.2, 0.25) is 0 Å². The first kappa shape index (κ1) is 19.4. The van der Waals surface area contributed by atoms with Crippen LogP contribution in [0.4, 0.5) is 0 Å². The zero-order valence-electron chi connectivity index (χ0n) is 16.9. The number of Topliss-reactive ketones (excluding diaryl/α,β-unsaturated/α-hetero) is 1. The lowest BCUT2D eigenvalue weighted by atomic mass is 10.0. The zero-order chi connectivity index (χ0) is 20.4. The number of pyridine rings is 1. The second-order valence-electron chi connectivity index (χ2n) is 7.41. The molecule has 0 aliphatic carbocycles. The van der Waals surface area contributed by atoms with Gasteiger partial charge in [0.25, 0.3) is 0 Å². The molecule has 4 aromatic rings. The van der Waals surface area contributed by atoms with Crippen molar-refractivity contribution >= 4 is 28.4 Å². The number of nitrogens with zero attached hydrogens (tertiary/aromatic N) is 1. The quantitative estimate of drug-likeness (QED) is 0.274. The van der Waals surface area contributed by atoms with Crippen molar-refractivity contribution in [1.82, 2.24) is 4.98 Å². The van der Waals surface area contributed by atoms with Gasteiger partial charge in [-0.15, -0.1) is 0 Å². The highest BCUT2D eigenvalue weighted by molar-refractivity contribution is 7.99. The topological polar surface area (TPSA) is 30.0 Å². The van der Waals surface area contributed by atoms with Crippen molar-refractivity contribution in [3.8, 4) is 11.1 Å². The first-order valence-corrected chi connectivity index (χ1v) is 10.7. The van der Waals surface area contributed by atoms with Crippen LogP contribution < -0.4 is 0 Å². The van der Waals surface area contributed by atoms with Crippen molar-refractivity contribution in [1.29, 1.82) is 0 Å². The second-order valence-corrected chi connectivity index (χ2v) is 8.41. The summed E-state index contributed by atoms with van der Waals surface area (Å²) in [6, 6.07) is 24.5. The average Bonchev–Trinajstić information content (AvgIpc) is 2.73. The van der Waals surface area contributed by atoms with Crippen molar-refractivity contribution in [2.24, 2.45) is 0 Å². The third-order valence-electron chi connectivity index (χ3n) is 5.10. The van der Waals surface area contributed by atoms with E-state index in [1.807, 2.05) is 42.5 Å². The van der Waals surface area contributed by atoms with E-state index in [4.69, 9.17) is 4.98 Å². The van der Waals surface area contributed by atoms with Crippen molar-refractivity contribution in [3.63, 3.8) is 0 Å². The monoisotopic (exact) mass is 397 g/mol. The molecule has 2 nitrogen and oxygen atoms in total. The van der Waals surface area contributed by atoms with E-state index in [-0.39, 0.29) is 5.78 Å². The van der Waals surface area contributed by atoms with Crippen molar-refractivity contribution in [2.45, 2.75) is 25.8 Å². The lowest BCUT2D eigenvalue weighted by Crippen LogP contribution is -2.03. The molecule has 0 aliphatic rings. The van der Waals surface area contributed by atoms with Gasteiger partial charge in [-0.05, 0) is 55.2 Å². The molecule has 1 heterocycles. The average molecular weight is 398 g/mol. The Hall–Kier alpha value is -2.91. The zero-order valence-corrected chi connectivity index (χ0v) is 17.7. The molecule has 0 N–H and O–H groups in total. The van der Waals surface area contributed by atoms with Crippen LogP contribution in [0.1, 0.15) is 27.0 Å². The number of rotatable bonds is 5. The summed E-state index contributed by atoms with van der Waals surface area (Å²) in [6.45, 7) is 6.31. The van der Waals surface area contributed by atoms with Crippen LogP contribution in [0.5, 0.6) is 0 Å². The number of hydrogen-bond acceptors (Lipinski definition) is 3. The van der Waals surface area contributed by atoms with Gasteiger partial charge in [0.15, 0.2) is 5.78 Å². The maximum Gasteiger partial charge on any atom is 0.173 e. The fourth-order valence-corrected chi connectivity index (χ4v) is 4.45. The molecule has 0 saturated carbocycles. The molecule has 0 bridgehead atoms. The van der Waals surface area contributed by atoms with E-state index in [1.165, 1.54) is 33.8 Å². The van der Waals surface area contributed by atoms with Gasteiger partial charge >= 0.3 is 0 Å². The smallest absolute Gasteiger partial charge is 0.173 e. The molecule has 0 spiro atoms. The molecule has 4 rings (SSSR count). The highest BCUT2D eigenvalue weighted by Crippen LogP contribution is 2.27. The molecule has 3 aromatic carbocycles. The van der Waals surface area contributed by atoms with Gasteiger partial charge in [-0.25, -0.2) is 4.98 Å². The normalized spacial score (nSPS) is 11.0. The predicted octanol–water partition coefficient (Wildman–Crippen LogP) is 6.80. The Kier molecular flexibility index (Phi) is 5.50. The van der Waals surface area contributed by atoms with Crippen LogP contribution in [-0.4, -0.2) is 16.5 Å². The molecule has 0 saturated heterocycles. The van der Waals surface area contributed by atoms with Crippen LogP contribution in [0.2, 0.25) is 0 Å². The molecular weight excluding hydrogens is 374 g/mol. The highest BCUT2D eigenvalue weighted by atomic mass is 32.2. The number of aromatic nitrogens is 1. The molecule has 3 heteroatoms. The number of aryl methyl sites for hydroxylation is 3. The van der Waals surface area contributed by atoms with Gasteiger partial charge < -0.3 is 0 Å². The molecule has 0 unspecified atom stereocenters.